The largest absolute Gasteiger partial charge is 0.351 e. The monoisotopic (exact) mass is 358 g/mol. The van der Waals surface area contributed by atoms with Gasteiger partial charge in [0.1, 0.15) is 11.3 Å². The molecule has 2 N–H and O–H groups in total. The summed E-state index contributed by atoms with van der Waals surface area (Å²) >= 11 is 1.55. The number of para-hydroxylation sites is 1. The normalized spacial score (nSPS) is 13.8. The van der Waals surface area contributed by atoms with Gasteiger partial charge >= 0.3 is 0 Å². The zero-order valence-electron chi connectivity index (χ0n) is 13.9. The van der Waals surface area contributed by atoms with Crippen molar-refractivity contribution >= 4 is 28.3 Å². The molecule has 1 aliphatic heterocycles. The zero-order chi connectivity index (χ0) is 17.4. The van der Waals surface area contributed by atoms with Gasteiger partial charge in [0.25, 0.3) is 5.91 Å². The summed E-state index contributed by atoms with van der Waals surface area (Å²) in [7, 11) is 1.87. The molecule has 0 bridgehead atoms. The molecule has 1 amide bonds. The molecule has 0 unspecified atom stereocenters. The molecule has 0 radical (unpaired) electrons. The Morgan fingerprint density at radius 2 is 2.36 bits per heavy atom. The summed E-state index contributed by atoms with van der Waals surface area (Å²) < 4.78 is 15.7. The molecule has 0 saturated heterocycles. The second-order valence-corrected chi connectivity index (χ2v) is 7.32. The molecule has 5 nitrogen and oxygen atoms in total. The highest BCUT2D eigenvalue weighted by Crippen LogP contribution is 2.25. The maximum absolute atomic E-state index is 13.8. The van der Waals surface area contributed by atoms with Crippen LogP contribution in [0.3, 0.4) is 0 Å². The van der Waals surface area contributed by atoms with Gasteiger partial charge in [-0.3, -0.25) is 4.79 Å². The van der Waals surface area contributed by atoms with E-state index in [4.69, 9.17) is 0 Å². The highest BCUT2D eigenvalue weighted by molar-refractivity contribution is 7.14. The van der Waals surface area contributed by atoms with E-state index in [9.17, 15) is 9.18 Å². The molecule has 0 spiro atoms. The minimum atomic E-state index is -0.318. The number of hydrogen-bond donors (Lipinski definition) is 2. The van der Waals surface area contributed by atoms with Crippen molar-refractivity contribution in [1.82, 2.24) is 20.2 Å². The second-order valence-electron chi connectivity index (χ2n) is 6.19. The first-order chi connectivity index (χ1) is 12.1. The van der Waals surface area contributed by atoms with Crippen molar-refractivity contribution in [3.63, 3.8) is 0 Å². The first-order valence-electron chi connectivity index (χ1n) is 8.34. The van der Waals surface area contributed by atoms with E-state index in [0.29, 0.717) is 18.5 Å². The van der Waals surface area contributed by atoms with Gasteiger partial charge in [0, 0.05) is 31.4 Å². The number of fused-ring (bicyclic) bond motifs is 2. The van der Waals surface area contributed by atoms with E-state index in [0.717, 1.165) is 35.7 Å². The Morgan fingerprint density at radius 3 is 3.16 bits per heavy atom. The third-order valence-corrected chi connectivity index (χ3v) is 5.74. The number of nitrogens with one attached hydrogen (secondary N) is 2. The first kappa shape index (κ1) is 16.2. The molecule has 130 valence electrons. The van der Waals surface area contributed by atoms with Crippen LogP contribution in [0.1, 0.15) is 25.9 Å². The van der Waals surface area contributed by atoms with Gasteiger partial charge in [-0.2, -0.15) is 0 Å². The standard InChI is InChI=1S/C18H19FN4OS/c1-23-13-4-2-3-12(19)17(13)22-16(23)6-8-21-18(24)14-9-11-5-7-20-10-15(11)25-14/h2-4,9,20H,5-8,10H2,1H3,(H,21,24). The van der Waals surface area contributed by atoms with E-state index >= 15 is 0 Å². The van der Waals surface area contributed by atoms with E-state index < -0.39 is 0 Å². The zero-order valence-corrected chi connectivity index (χ0v) is 14.8. The van der Waals surface area contributed by atoms with E-state index in [-0.39, 0.29) is 11.7 Å². The molecular weight excluding hydrogens is 339 g/mol. The number of aryl methyl sites for hydroxylation is 1. The topological polar surface area (TPSA) is 59.0 Å². The number of carbonyl (C=O) groups is 1. The molecule has 0 saturated carbocycles. The van der Waals surface area contributed by atoms with Crippen molar-refractivity contribution in [2.45, 2.75) is 19.4 Å². The number of hydrogen-bond acceptors (Lipinski definition) is 4. The van der Waals surface area contributed by atoms with Crippen LogP contribution in [0.2, 0.25) is 0 Å². The average Bonchev–Trinajstić information content (AvgIpc) is 3.18. The molecule has 1 aromatic carbocycles. The first-order valence-corrected chi connectivity index (χ1v) is 9.15. The van der Waals surface area contributed by atoms with Gasteiger partial charge in [-0.05, 0) is 36.7 Å². The van der Waals surface area contributed by atoms with E-state index in [1.165, 1.54) is 16.5 Å². The SMILES string of the molecule is Cn1c(CCNC(=O)c2cc3c(s2)CNCC3)nc2c(F)cccc21. The lowest BCUT2D eigenvalue weighted by atomic mass is 10.1. The number of rotatable bonds is 4. The Hall–Kier alpha value is -2.25. The second kappa shape index (κ2) is 6.57. The number of carbonyl (C=O) groups excluding carboxylic acids is 1. The predicted molar refractivity (Wildman–Crippen MR) is 96.4 cm³/mol. The van der Waals surface area contributed by atoms with Gasteiger partial charge in [0.05, 0.1) is 10.4 Å². The summed E-state index contributed by atoms with van der Waals surface area (Å²) in [5.74, 6) is 0.389. The van der Waals surface area contributed by atoms with Gasteiger partial charge < -0.3 is 15.2 Å². The van der Waals surface area contributed by atoms with Crippen molar-refractivity contribution in [3.8, 4) is 0 Å². The van der Waals surface area contributed by atoms with Crippen molar-refractivity contribution < 1.29 is 9.18 Å². The Labute approximate surface area is 148 Å². The quantitative estimate of drug-likeness (QED) is 0.753. The summed E-state index contributed by atoms with van der Waals surface area (Å²) in [6.45, 7) is 2.28. The fraction of sp³-hybridized carbons (Fsp3) is 0.333. The van der Waals surface area contributed by atoms with Gasteiger partial charge in [-0.15, -0.1) is 11.3 Å². The third-order valence-electron chi connectivity index (χ3n) is 4.57. The fourth-order valence-electron chi connectivity index (χ4n) is 3.19. The number of thiophene rings is 1. The molecule has 0 atom stereocenters. The van der Waals surface area contributed by atoms with Crippen LogP contribution in [0, 0.1) is 5.82 Å². The Balaban J connectivity index is 1.42. The smallest absolute Gasteiger partial charge is 0.261 e. The van der Waals surface area contributed by atoms with Crippen LogP contribution in [-0.2, 0) is 26.4 Å². The summed E-state index contributed by atoms with van der Waals surface area (Å²) in [6.07, 6.45) is 1.54. The molecular formula is C18H19FN4OS. The van der Waals surface area contributed by atoms with Gasteiger partial charge in [0.2, 0.25) is 0 Å². The molecule has 0 fully saturated rings. The van der Waals surface area contributed by atoms with Crippen molar-refractivity contribution in [3.05, 3.63) is 51.2 Å². The van der Waals surface area contributed by atoms with Crippen molar-refractivity contribution in [2.24, 2.45) is 7.05 Å². The highest BCUT2D eigenvalue weighted by Gasteiger charge is 2.17. The Kier molecular flexibility index (Phi) is 4.27. The van der Waals surface area contributed by atoms with Crippen LogP contribution in [0.4, 0.5) is 4.39 Å². The van der Waals surface area contributed by atoms with Crippen LogP contribution in [0.25, 0.3) is 11.0 Å². The number of aromatic nitrogens is 2. The van der Waals surface area contributed by atoms with Crippen LogP contribution >= 0.6 is 11.3 Å². The van der Waals surface area contributed by atoms with E-state index in [1.54, 1.807) is 17.4 Å². The Bertz CT molecular complexity index is 923. The molecule has 3 heterocycles. The van der Waals surface area contributed by atoms with Gasteiger partial charge in [-0.25, -0.2) is 9.37 Å². The lowest BCUT2D eigenvalue weighted by molar-refractivity contribution is 0.0958. The maximum Gasteiger partial charge on any atom is 0.261 e. The van der Waals surface area contributed by atoms with E-state index in [2.05, 4.69) is 15.6 Å². The minimum Gasteiger partial charge on any atom is -0.351 e. The van der Waals surface area contributed by atoms with Crippen LogP contribution in [0.15, 0.2) is 24.3 Å². The summed E-state index contributed by atoms with van der Waals surface area (Å²) in [6, 6.07) is 6.94. The molecule has 0 aliphatic carbocycles. The van der Waals surface area contributed by atoms with Crippen LogP contribution in [0.5, 0.6) is 0 Å². The van der Waals surface area contributed by atoms with Gasteiger partial charge in [-0.1, -0.05) is 6.07 Å². The number of nitrogens with zero attached hydrogens (tertiary/aromatic N) is 2. The Morgan fingerprint density at radius 1 is 1.48 bits per heavy atom. The third kappa shape index (κ3) is 3.05. The van der Waals surface area contributed by atoms with Gasteiger partial charge in [0.15, 0.2) is 5.82 Å². The predicted octanol–water partition coefficient (Wildman–Crippen LogP) is 2.39. The average molecular weight is 358 g/mol. The molecule has 7 heteroatoms. The van der Waals surface area contributed by atoms with Crippen molar-refractivity contribution in [1.29, 1.82) is 0 Å². The van der Waals surface area contributed by atoms with E-state index in [1.807, 2.05) is 23.7 Å². The lowest BCUT2D eigenvalue weighted by Gasteiger charge is -2.10. The molecule has 2 aromatic heterocycles. The number of halogens is 1. The molecule has 4 rings (SSSR count). The summed E-state index contributed by atoms with van der Waals surface area (Å²) in [4.78, 5) is 18.7. The summed E-state index contributed by atoms with van der Waals surface area (Å²) in [5.41, 5.74) is 2.42. The number of imidazole rings is 1. The molecule has 1 aliphatic rings. The summed E-state index contributed by atoms with van der Waals surface area (Å²) in [5, 5.41) is 6.27. The molecule has 25 heavy (non-hydrogen) atoms. The number of amides is 1. The van der Waals surface area contributed by atoms with Crippen LogP contribution in [-0.4, -0.2) is 28.5 Å². The minimum absolute atomic E-state index is 0.0515. The number of benzene rings is 1. The molecule has 3 aromatic rings. The van der Waals surface area contributed by atoms with Crippen molar-refractivity contribution in [2.75, 3.05) is 13.1 Å². The fourth-order valence-corrected chi connectivity index (χ4v) is 4.29. The van der Waals surface area contributed by atoms with Crippen LogP contribution < -0.4 is 10.6 Å². The highest BCUT2D eigenvalue weighted by atomic mass is 32.1. The lowest BCUT2D eigenvalue weighted by Crippen LogP contribution is -2.25. The maximum atomic E-state index is 13.8.